The Morgan fingerprint density at radius 3 is 2.73 bits per heavy atom. The Morgan fingerprint density at radius 1 is 1.13 bits per heavy atom. The molecule has 3 heterocycles. The van der Waals surface area contributed by atoms with Crippen LogP contribution >= 0.6 is 0 Å². The van der Waals surface area contributed by atoms with Gasteiger partial charge in [0, 0.05) is 25.0 Å². The molecule has 1 amide bonds. The van der Waals surface area contributed by atoms with Gasteiger partial charge in [-0.15, -0.1) is 10.2 Å². The van der Waals surface area contributed by atoms with E-state index < -0.39 is 28.5 Å². The molecule has 30 heavy (non-hydrogen) atoms. The Hall–Kier alpha value is -3.31. The summed E-state index contributed by atoms with van der Waals surface area (Å²) < 4.78 is 33.3. The minimum atomic E-state index is -3.59. The maximum atomic E-state index is 12.7. The van der Waals surface area contributed by atoms with Crippen LogP contribution in [-0.2, 0) is 19.6 Å². The van der Waals surface area contributed by atoms with E-state index >= 15 is 0 Å². The molecule has 156 valence electrons. The number of aromatic nitrogens is 3. The predicted octanol–water partition coefficient (Wildman–Crippen LogP) is 1.31. The number of nitrogens with zero attached hydrogens (tertiary/aromatic N) is 4. The lowest BCUT2D eigenvalue weighted by molar-refractivity contribution is -0.119. The third kappa shape index (κ3) is 4.16. The van der Waals surface area contributed by atoms with Crippen molar-refractivity contribution in [3.05, 3.63) is 54.5 Å². The first-order valence-electron chi connectivity index (χ1n) is 9.30. The molecule has 1 aliphatic rings. The van der Waals surface area contributed by atoms with Crippen molar-refractivity contribution in [2.75, 3.05) is 25.0 Å². The van der Waals surface area contributed by atoms with E-state index in [1.165, 1.54) is 35.0 Å². The van der Waals surface area contributed by atoms with Gasteiger partial charge in [0.2, 0.25) is 10.0 Å². The number of anilines is 1. The molecule has 1 N–H and O–H groups in total. The van der Waals surface area contributed by atoms with Crippen LogP contribution in [0, 0.1) is 0 Å². The highest BCUT2D eigenvalue weighted by Crippen LogP contribution is 2.23. The van der Waals surface area contributed by atoms with Crippen molar-refractivity contribution < 1.29 is 22.7 Å². The number of benzene rings is 1. The molecular formula is C19H19N5O5S. The van der Waals surface area contributed by atoms with Crippen LogP contribution in [0.25, 0.3) is 5.65 Å². The van der Waals surface area contributed by atoms with Crippen LogP contribution in [-0.4, -0.2) is 58.9 Å². The number of carbonyl (C=O) groups is 2. The van der Waals surface area contributed by atoms with E-state index in [-0.39, 0.29) is 10.5 Å². The first-order chi connectivity index (χ1) is 14.4. The van der Waals surface area contributed by atoms with E-state index in [4.69, 9.17) is 4.74 Å². The molecule has 0 bridgehead atoms. The zero-order chi connectivity index (χ0) is 21.1. The number of nitrogens with one attached hydrogen (secondary N) is 1. The number of hydrogen-bond acceptors (Lipinski definition) is 7. The van der Waals surface area contributed by atoms with Gasteiger partial charge >= 0.3 is 5.97 Å². The standard InChI is InChI=1S/C19H19N5O5S/c25-18(12-29-19(26)14-6-7-17-22-20-13-23(17)11-14)21-15-4-3-5-16(10-15)30(27,28)24-8-1-2-9-24/h3-7,10-11,13H,1-2,8-9,12H2,(H,21,25). The number of ether oxygens (including phenoxy) is 1. The Labute approximate surface area is 172 Å². The first kappa shape index (κ1) is 20.0. The van der Waals surface area contributed by atoms with Crippen LogP contribution in [0.5, 0.6) is 0 Å². The van der Waals surface area contributed by atoms with Gasteiger partial charge in [0.1, 0.15) is 6.33 Å². The molecule has 1 aromatic carbocycles. The van der Waals surface area contributed by atoms with Gasteiger partial charge in [0.15, 0.2) is 12.3 Å². The highest BCUT2D eigenvalue weighted by Gasteiger charge is 2.27. The first-order valence-corrected chi connectivity index (χ1v) is 10.7. The fraction of sp³-hybridized carbons (Fsp3) is 0.263. The molecule has 3 aromatic rings. The van der Waals surface area contributed by atoms with E-state index in [0.717, 1.165) is 12.8 Å². The van der Waals surface area contributed by atoms with Gasteiger partial charge in [-0.1, -0.05) is 6.07 Å². The normalized spacial score (nSPS) is 14.7. The lowest BCUT2D eigenvalue weighted by Crippen LogP contribution is -2.28. The molecule has 1 saturated heterocycles. The van der Waals surface area contributed by atoms with E-state index in [1.807, 2.05) is 0 Å². The van der Waals surface area contributed by atoms with Crippen molar-refractivity contribution in [1.82, 2.24) is 18.9 Å². The molecule has 1 aliphatic heterocycles. The fourth-order valence-corrected chi connectivity index (χ4v) is 4.74. The Bertz CT molecular complexity index is 1200. The maximum Gasteiger partial charge on any atom is 0.340 e. The summed E-state index contributed by atoms with van der Waals surface area (Å²) in [6, 6.07) is 9.15. The maximum absolute atomic E-state index is 12.7. The average Bonchev–Trinajstić information content (AvgIpc) is 3.43. The van der Waals surface area contributed by atoms with Crippen molar-refractivity contribution in [1.29, 1.82) is 0 Å². The molecule has 0 saturated carbocycles. The monoisotopic (exact) mass is 429 g/mol. The largest absolute Gasteiger partial charge is 0.452 e. The van der Waals surface area contributed by atoms with Crippen molar-refractivity contribution in [3.63, 3.8) is 0 Å². The molecule has 0 spiro atoms. The van der Waals surface area contributed by atoms with Crippen molar-refractivity contribution >= 4 is 33.2 Å². The second kappa shape index (κ2) is 8.20. The molecule has 0 aliphatic carbocycles. The Kier molecular flexibility index (Phi) is 5.46. The summed E-state index contributed by atoms with van der Waals surface area (Å²) in [5.41, 5.74) is 1.13. The quantitative estimate of drug-likeness (QED) is 0.586. The highest BCUT2D eigenvalue weighted by atomic mass is 32.2. The SMILES string of the molecule is O=C(COC(=O)c1ccc2nncn2c1)Nc1cccc(S(=O)(=O)N2CCCC2)c1. The molecule has 0 unspecified atom stereocenters. The molecule has 4 rings (SSSR count). The zero-order valence-corrected chi connectivity index (χ0v) is 16.7. The van der Waals surface area contributed by atoms with Gasteiger partial charge in [-0.05, 0) is 43.2 Å². The fourth-order valence-electron chi connectivity index (χ4n) is 3.17. The number of pyridine rings is 1. The van der Waals surface area contributed by atoms with E-state index in [1.54, 1.807) is 22.6 Å². The second-order valence-electron chi connectivity index (χ2n) is 6.78. The van der Waals surface area contributed by atoms with E-state index in [2.05, 4.69) is 15.5 Å². The number of sulfonamides is 1. The van der Waals surface area contributed by atoms with Gasteiger partial charge in [-0.25, -0.2) is 13.2 Å². The Balaban J connectivity index is 1.37. The summed E-state index contributed by atoms with van der Waals surface area (Å²) in [5, 5.41) is 10.1. The summed E-state index contributed by atoms with van der Waals surface area (Å²) in [7, 11) is -3.59. The predicted molar refractivity (Wildman–Crippen MR) is 106 cm³/mol. The third-order valence-corrected chi connectivity index (χ3v) is 6.58. The molecule has 10 nitrogen and oxygen atoms in total. The van der Waals surface area contributed by atoms with Gasteiger partial charge in [-0.2, -0.15) is 4.31 Å². The van der Waals surface area contributed by atoms with Gasteiger partial charge in [0.25, 0.3) is 5.91 Å². The van der Waals surface area contributed by atoms with Crippen LogP contribution in [0.4, 0.5) is 5.69 Å². The van der Waals surface area contributed by atoms with Crippen LogP contribution in [0.3, 0.4) is 0 Å². The minimum absolute atomic E-state index is 0.112. The lowest BCUT2D eigenvalue weighted by atomic mass is 10.3. The van der Waals surface area contributed by atoms with Crippen LogP contribution in [0.15, 0.2) is 53.8 Å². The molecule has 1 fully saturated rings. The number of amides is 1. The molecule has 2 aromatic heterocycles. The molecule has 0 radical (unpaired) electrons. The summed E-state index contributed by atoms with van der Waals surface area (Å²) in [4.78, 5) is 24.4. The second-order valence-corrected chi connectivity index (χ2v) is 8.72. The number of rotatable bonds is 6. The van der Waals surface area contributed by atoms with Gasteiger partial charge in [0.05, 0.1) is 10.5 Å². The highest BCUT2D eigenvalue weighted by molar-refractivity contribution is 7.89. The summed E-state index contributed by atoms with van der Waals surface area (Å²) >= 11 is 0. The number of hydrogen-bond donors (Lipinski definition) is 1. The lowest BCUT2D eigenvalue weighted by Gasteiger charge is -2.16. The van der Waals surface area contributed by atoms with Crippen molar-refractivity contribution in [2.45, 2.75) is 17.7 Å². The van der Waals surface area contributed by atoms with Crippen LogP contribution in [0.1, 0.15) is 23.2 Å². The molecular weight excluding hydrogens is 410 g/mol. The summed E-state index contributed by atoms with van der Waals surface area (Å²) in [6.07, 6.45) is 4.63. The number of esters is 1. The van der Waals surface area contributed by atoms with E-state index in [9.17, 15) is 18.0 Å². The van der Waals surface area contributed by atoms with Crippen LogP contribution < -0.4 is 5.32 Å². The minimum Gasteiger partial charge on any atom is -0.452 e. The number of carbonyl (C=O) groups excluding carboxylic acids is 2. The average molecular weight is 429 g/mol. The smallest absolute Gasteiger partial charge is 0.340 e. The van der Waals surface area contributed by atoms with Crippen LogP contribution in [0.2, 0.25) is 0 Å². The Morgan fingerprint density at radius 2 is 1.93 bits per heavy atom. The van der Waals surface area contributed by atoms with Crippen molar-refractivity contribution in [3.8, 4) is 0 Å². The molecule has 0 atom stereocenters. The molecule has 11 heteroatoms. The topological polar surface area (TPSA) is 123 Å². The summed E-state index contributed by atoms with van der Waals surface area (Å²) in [5.74, 6) is -1.25. The number of fused-ring (bicyclic) bond motifs is 1. The van der Waals surface area contributed by atoms with E-state index in [0.29, 0.717) is 24.4 Å². The van der Waals surface area contributed by atoms with Gasteiger partial charge in [-0.3, -0.25) is 9.20 Å². The zero-order valence-electron chi connectivity index (χ0n) is 15.9. The third-order valence-electron chi connectivity index (χ3n) is 4.68. The van der Waals surface area contributed by atoms with Gasteiger partial charge < -0.3 is 10.1 Å². The van der Waals surface area contributed by atoms with Crippen molar-refractivity contribution in [2.24, 2.45) is 0 Å². The summed E-state index contributed by atoms with van der Waals surface area (Å²) in [6.45, 7) is 0.480.